The van der Waals surface area contributed by atoms with Crippen LogP contribution in [0.4, 0.5) is 13.2 Å². The van der Waals surface area contributed by atoms with E-state index >= 15 is 0 Å². The van der Waals surface area contributed by atoms with Crippen molar-refractivity contribution in [2.24, 2.45) is 0 Å². The maximum Gasteiger partial charge on any atom is 0.490 e. The van der Waals surface area contributed by atoms with Crippen molar-refractivity contribution in [1.82, 2.24) is 9.88 Å². The van der Waals surface area contributed by atoms with E-state index in [4.69, 9.17) is 24.4 Å². The van der Waals surface area contributed by atoms with Gasteiger partial charge in [0.15, 0.2) is 0 Å². The monoisotopic (exact) mass is 412 g/mol. The molecular weight excluding hydrogens is 389 g/mol. The molecule has 1 N–H and O–H groups in total. The van der Waals surface area contributed by atoms with Crippen molar-refractivity contribution < 1.29 is 32.5 Å². The smallest absolute Gasteiger partial charge is 0.475 e. The quantitative estimate of drug-likeness (QED) is 0.835. The van der Waals surface area contributed by atoms with E-state index in [1.165, 1.54) is 5.39 Å². The van der Waals surface area contributed by atoms with E-state index in [2.05, 4.69) is 35.2 Å². The van der Waals surface area contributed by atoms with E-state index in [1.54, 1.807) is 7.11 Å². The number of benzene rings is 1. The van der Waals surface area contributed by atoms with Gasteiger partial charge in [0, 0.05) is 45.2 Å². The molecule has 2 aromatic rings. The molecule has 158 valence electrons. The molecule has 29 heavy (non-hydrogen) atoms. The Morgan fingerprint density at radius 2 is 2.00 bits per heavy atom. The maximum atomic E-state index is 10.6. The van der Waals surface area contributed by atoms with Crippen molar-refractivity contribution >= 4 is 16.9 Å². The number of alkyl halides is 3. The van der Waals surface area contributed by atoms with Gasteiger partial charge in [0.25, 0.3) is 0 Å². The van der Waals surface area contributed by atoms with Crippen LogP contribution in [0.1, 0.15) is 18.5 Å². The molecule has 9 heteroatoms. The summed E-state index contributed by atoms with van der Waals surface area (Å²) in [6.45, 7) is 3.69. The van der Waals surface area contributed by atoms with Crippen molar-refractivity contribution in [3.05, 3.63) is 42.1 Å². The van der Waals surface area contributed by atoms with E-state index in [0.717, 1.165) is 50.3 Å². The third-order valence-electron chi connectivity index (χ3n) is 5.09. The Morgan fingerprint density at radius 3 is 2.66 bits per heavy atom. The number of halogens is 3. The van der Waals surface area contributed by atoms with E-state index in [1.807, 2.05) is 6.07 Å². The second-order valence-electron chi connectivity index (χ2n) is 7.33. The van der Waals surface area contributed by atoms with Crippen molar-refractivity contribution in [3.8, 4) is 0 Å². The number of aromatic nitrogens is 1. The lowest BCUT2D eigenvalue weighted by molar-refractivity contribution is -0.195. The lowest BCUT2D eigenvalue weighted by Gasteiger charge is -2.53. The number of carboxylic acid groups (broad SMARTS) is 1. The average molecular weight is 412 g/mol. The van der Waals surface area contributed by atoms with Gasteiger partial charge in [-0.1, -0.05) is 24.3 Å². The third-order valence-corrected chi connectivity index (χ3v) is 5.09. The molecule has 1 aromatic heterocycles. The number of pyridine rings is 1. The third kappa shape index (κ3) is 5.43. The minimum atomic E-state index is -5.08. The predicted octanol–water partition coefficient (Wildman–Crippen LogP) is 3.25. The summed E-state index contributed by atoms with van der Waals surface area (Å²) >= 11 is 0. The van der Waals surface area contributed by atoms with Gasteiger partial charge in [-0.2, -0.15) is 13.2 Å². The molecule has 0 radical (unpaired) electrons. The zero-order valence-electron chi connectivity index (χ0n) is 16.0. The van der Waals surface area contributed by atoms with E-state index in [0.29, 0.717) is 6.10 Å². The number of nitrogens with zero attached hydrogens (tertiary/aromatic N) is 2. The summed E-state index contributed by atoms with van der Waals surface area (Å²) < 4.78 is 43.3. The molecule has 2 aliphatic rings. The molecule has 4 rings (SSSR count). The van der Waals surface area contributed by atoms with Crippen molar-refractivity contribution in [2.75, 3.05) is 26.8 Å². The zero-order valence-corrected chi connectivity index (χ0v) is 16.0. The lowest BCUT2D eigenvalue weighted by Crippen LogP contribution is -2.65. The fourth-order valence-electron chi connectivity index (χ4n) is 3.71. The summed E-state index contributed by atoms with van der Waals surface area (Å²) in [5.74, 6) is -2.76. The van der Waals surface area contributed by atoms with E-state index < -0.39 is 12.1 Å². The van der Waals surface area contributed by atoms with E-state index in [9.17, 15) is 13.2 Å². The SMILES string of the molecule is COC1CCOC2(C1)CN(Cc1ccc3ccccc3n1)C2.O=C(O)C(F)(F)F. The average Bonchev–Trinajstić information content (AvgIpc) is 2.66. The molecule has 1 unspecified atom stereocenters. The summed E-state index contributed by atoms with van der Waals surface area (Å²) in [7, 11) is 1.80. The number of rotatable bonds is 3. The Balaban J connectivity index is 0.000000298. The second-order valence-corrected chi connectivity index (χ2v) is 7.33. The summed E-state index contributed by atoms with van der Waals surface area (Å²) in [5.41, 5.74) is 2.23. The summed E-state index contributed by atoms with van der Waals surface area (Å²) in [6, 6.07) is 12.6. The number of methoxy groups -OCH3 is 1. The van der Waals surface area contributed by atoms with Gasteiger partial charge >= 0.3 is 12.1 Å². The molecule has 0 amide bonds. The summed E-state index contributed by atoms with van der Waals surface area (Å²) in [4.78, 5) is 16.1. The Labute approximate surface area is 166 Å². The van der Waals surface area contributed by atoms with Crippen molar-refractivity contribution in [1.29, 1.82) is 0 Å². The van der Waals surface area contributed by atoms with Gasteiger partial charge in [-0.25, -0.2) is 4.79 Å². The molecular formula is C20H23F3N2O4. The van der Waals surface area contributed by atoms with Gasteiger partial charge in [0.2, 0.25) is 0 Å². The van der Waals surface area contributed by atoms with Gasteiger partial charge in [-0.3, -0.25) is 9.88 Å². The van der Waals surface area contributed by atoms with Crippen LogP contribution < -0.4 is 0 Å². The Hall–Kier alpha value is -2.23. The minimum absolute atomic E-state index is 0.0236. The Kier molecular flexibility index (Phi) is 6.40. The van der Waals surface area contributed by atoms with Crippen LogP contribution in [-0.4, -0.2) is 65.6 Å². The largest absolute Gasteiger partial charge is 0.490 e. The first kappa shape index (κ1) is 21.5. The molecule has 2 fully saturated rings. The number of likely N-dealkylation sites (tertiary alicyclic amines) is 1. The van der Waals surface area contributed by atoms with Gasteiger partial charge in [0.05, 0.1) is 22.9 Å². The van der Waals surface area contributed by atoms with Crippen molar-refractivity contribution in [2.45, 2.75) is 37.3 Å². The molecule has 3 heterocycles. The van der Waals surface area contributed by atoms with Gasteiger partial charge in [-0.15, -0.1) is 0 Å². The van der Waals surface area contributed by atoms with Gasteiger partial charge < -0.3 is 14.6 Å². The number of carboxylic acids is 1. The molecule has 0 saturated carbocycles. The first-order chi connectivity index (χ1) is 13.7. The first-order valence-electron chi connectivity index (χ1n) is 9.25. The second kappa shape index (κ2) is 8.64. The standard InChI is InChI=1S/C18H22N2O2.C2HF3O2/c1-21-16-8-9-22-18(10-16)12-20(13-18)11-15-7-6-14-4-2-3-5-17(14)19-15;3-2(4,5)1(6)7/h2-7,16H,8-13H2,1H3;(H,6,7). The molecule has 1 aromatic carbocycles. The molecule has 6 nitrogen and oxygen atoms in total. The van der Waals surface area contributed by atoms with Crippen LogP contribution in [0, 0.1) is 0 Å². The number of fused-ring (bicyclic) bond motifs is 1. The fourth-order valence-corrected chi connectivity index (χ4v) is 3.71. The highest BCUT2D eigenvalue weighted by atomic mass is 19.4. The summed E-state index contributed by atoms with van der Waals surface area (Å²) in [5, 5.41) is 8.32. The van der Waals surface area contributed by atoms with Crippen LogP contribution in [-0.2, 0) is 20.8 Å². The Morgan fingerprint density at radius 1 is 1.31 bits per heavy atom. The van der Waals surface area contributed by atoms with E-state index in [-0.39, 0.29) is 5.60 Å². The number of ether oxygens (including phenoxy) is 2. The van der Waals surface area contributed by atoms with Gasteiger partial charge in [0.1, 0.15) is 0 Å². The predicted molar refractivity (Wildman–Crippen MR) is 99.4 cm³/mol. The molecule has 0 aliphatic carbocycles. The number of hydrogen-bond donors (Lipinski definition) is 1. The van der Waals surface area contributed by atoms with Crippen LogP contribution in [0.25, 0.3) is 10.9 Å². The highest BCUT2D eigenvalue weighted by Gasteiger charge is 2.47. The molecule has 1 spiro atoms. The fraction of sp³-hybridized carbons (Fsp3) is 0.500. The molecule has 1 atom stereocenters. The number of aliphatic carboxylic acids is 1. The highest BCUT2D eigenvalue weighted by Crippen LogP contribution is 2.35. The number of carbonyl (C=O) groups is 1. The maximum absolute atomic E-state index is 10.6. The topological polar surface area (TPSA) is 71.9 Å². The lowest BCUT2D eigenvalue weighted by atomic mass is 9.84. The van der Waals surface area contributed by atoms with Crippen LogP contribution in [0.2, 0.25) is 0 Å². The molecule has 2 saturated heterocycles. The highest BCUT2D eigenvalue weighted by molar-refractivity contribution is 5.78. The van der Waals surface area contributed by atoms with Crippen LogP contribution in [0.5, 0.6) is 0 Å². The Bertz CT molecular complexity index is 853. The van der Waals surface area contributed by atoms with Crippen LogP contribution in [0.15, 0.2) is 36.4 Å². The van der Waals surface area contributed by atoms with Gasteiger partial charge in [-0.05, 0) is 18.6 Å². The number of hydrogen-bond acceptors (Lipinski definition) is 5. The van der Waals surface area contributed by atoms with Crippen LogP contribution >= 0.6 is 0 Å². The number of para-hydroxylation sites is 1. The normalized spacial score (nSPS) is 21.3. The minimum Gasteiger partial charge on any atom is -0.475 e. The summed E-state index contributed by atoms with van der Waals surface area (Å²) in [6.07, 6.45) is -2.69. The van der Waals surface area contributed by atoms with Crippen LogP contribution in [0.3, 0.4) is 0 Å². The zero-order chi connectivity index (χ0) is 21.1. The molecule has 0 bridgehead atoms. The van der Waals surface area contributed by atoms with Crippen molar-refractivity contribution in [3.63, 3.8) is 0 Å². The first-order valence-corrected chi connectivity index (χ1v) is 9.25. The molecule has 2 aliphatic heterocycles.